The van der Waals surface area contributed by atoms with Crippen LogP contribution >= 0.6 is 0 Å². The van der Waals surface area contributed by atoms with Gasteiger partial charge in [-0.3, -0.25) is 20.0 Å². The van der Waals surface area contributed by atoms with Gasteiger partial charge in [-0.1, -0.05) is 72.6 Å². The zero-order chi connectivity index (χ0) is 52.9. The third kappa shape index (κ3) is 12.5. The summed E-state index contributed by atoms with van der Waals surface area (Å²) in [6.45, 7) is 6.88. The van der Waals surface area contributed by atoms with Gasteiger partial charge in [0.05, 0.1) is 42.1 Å². The summed E-state index contributed by atoms with van der Waals surface area (Å²) in [6.07, 6.45) is 7.53. The highest BCUT2D eigenvalue weighted by molar-refractivity contribution is 6.03. The number of nitro groups is 1. The van der Waals surface area contributed by atoms with E-state index >= 15 is 4.79 Å². The van der Waals surface area contributed by atoms with Crippen molar-refractivity contribution in [3.05, 3.63) is 177 Å². The lowest BCUT2D eigenvalue weighted by atomic mass is 9.55. The van der Waals surface area contributed by atoms with Crippen molar-refractivity contribution in [1.29, 1.82) is 0 Å². The van der Waals surface area contributed by atoms with Crippen molar-refractivity contribution in [2.24, 2.45) is 22.9 Å². The summed E-state index contributed by atoms with van der Waals surface area (Å²) < 4.78 is 44.8. The van der Waals surface area contributed by atoms with Crippen molar-refractivity contribution in [3.8, 4) is 23.0 Å². The molecule has 1 aromatic heterocycles. The van der Waals surface area contributed by atoms with E-state index in [0.29, 0.717) is 53.7 Å². The van der Waals surface area contributed by atoms with Crippen LogP contribution in [0.15, 0.2) is 139 Å². The minimum atomic E-state index is -1.60. The van der Waals surface area contributed by atoms with Crippen LogP contribution in [-0.4, -0.2) is 88.5 Å². The maximum absolute atomic E-state index is 15.2. The minimum Gasteiger partial charge on any atom is -0.487 e. The standard InChI is InChI=1S/C59H66N4O13/c1-3-28-74-59-55(62(35-43-20-24-53-54(31-43)73-39-72-53)58(66)70-30-29-69-36-41-13-5-4-6-14-41)34-51(61-75-37-42-18-21-46(22-19-42)63(67)68)49-32-44(15-7-9-26-64)48(17-8-10-27-65)56(57(49)59)50-33-47(23-25-52(50)76-59)71-38-45-16-11-12-40(2)60-45/h3-6,11-14,16,18-25,31-33,44,48,55-57,64-65H,1,7-10,15,17,26-30,34-39H2,2H3. The fourth-order valence-corrected chi connectivity index (χ4v) is 11.0. The number of nitrogens with zero attached hydrogens (tertiary/aromatic N) is 4. The van der Waals surface area contributed by atoms with Crippen LogP contribution in [0.4, 0.5) is 10.5 Å². The number of aliphatic hydroxyl groups excluding tert-OH is 2. The third-order valence-electron chi connectivity index (χ3n) is 14.5. The molecule has 0 saturated heterocycles. The zero-order valence-corrected chi connectivity index (χ0v) is 42.8. The van der Waals surface area contributed by atoms with Gasteiger partial charge in [0.25, 0.3) is 5.69 Å². The van der Waals surface area contributed by atoms with Crippen LogP contribution in [-0.2, 0) is 45.4 Å². The second kappa shape index (κ2) is 25.5. The Kier molecular flexibility index (Phi) is 17.9. The van der Waals surface area contributed by atoms with E-state index in [-0.39, 0.29) is 89.4 Å². The molecule has 0 bridgehead atoms. The van der Waals surface area contributed by atoms with Gasteiger partial charge in [0.15, 0.2) is 11.5 Å². The Morgan fingerprint density at radius 2 is 1.63 bits per heavy atom. The molecule has 6 atom stereocenters. The van der Waals surface area contributed by atoms with E-state index < -0.39 is 28.8 Å². The summed E-state index contributed by atoms with van der Waals surface area (Å²) in [5, 5.41) is 36.7. The molecule has 5 aromatic rings. The van der Waals surface area contributed by atoms with Crippen molar-refractivity contribution in [3.63, 3.8) is 0 Å². The third-order valence-corrected chi connectivity index (χ3v) is 14.5. The Morgan fingerprint density at radius 1 is 0.868 bits per heavy atom. The summed E-state index contributed by atoms with van der Waals surface area (Å²) in [4.78, 5) is 38.9. The number of unbranched alkanes of at least 4 members (excludes halogenated alkanes) is 2. The predicted octanol–water partition coefficient (Wildman–Crippen LogP) is 10.3. The quantitative estimate of drug-likeness (QED) is 0.0229. The summed E-state index contributed by atoms with van der Waals surface area (Å²) >= 11 is 0. The number of pyridine rings is 1. The number of allylic oxidation sites excluding steroid dienone is 1. The second-order valence-electron chi connectivity index (χ2n) is 19.5. The molecule has 1 fully saturated rings. The highest BCUT2D eigenvalue weighted by Crippen LogP contribution is 2.62. The molecular weight excluding hydrogens is 973 g/mol. The number of amides is 1. The molecule has 76 heavy (non-hydrogen) atoms. The van der Waals surface area contributed by atoms with Crippen molar-refractivity contribution in [2.75, 3.05) is 39.8 Å². The van der Waals surface area contributed by atoms with Crippen molar-refractivity contribution < 1.29 is 57.9 Å². The van der Waals surface area contributed by atoms with Gasteiger partial charge >= 0.3 is 6.09 Å². The van der Waals surface area contributed by atoms with Gasteiger partial charge in [-0.05, 0) is 121 Å². The van der Waals surface area contributed by atoms with Crippen LogP contribution in [0.5, 0.6) is 23.0 Å². The smallest absolute Gasteiger partial charge is 0.410 e. The van der Waals surface area contributed by atoms with E-state index in [0.717, 1.165) is 59.3 Å². The van der Waals surface area contributed by atoms with E-state index in [4.69, 9.17) is 43.2 Å². The summed E-state index contributed by atoms with van der Waals surface area (Å²) in [5.74, 6) is -0.379. The number of hydrogen-bond acceptors (Lipinski definition) is 15. The first kappa shape index (κ1) is 53.5. The van der Waals surface area contributed by atoms with Crippen molar-refractivity contribution >= 4 is 17.5 Å². The van der Waals surface area contributed by atoms with Gasteiger partial charge in [-0.2, -0.15) is 0 Å². The van der Waals surface area contributed by atoms with Gasteiger partial charge in [-0.25, -0.2) is 4.79 Å². The fourth-order valence-electron chi connectivity index (χ4n) is 11.0. The van der Waals surface area contributed by atoms with Gasteiger partial charge in [0.1, 0.15) is 37.4 Å². The summed E-state index contributed by atoms with van der Waals surface area (Å²) in [5.41, 5.74) is 6.25. The Morgan fingerprint density at radius 3 is 2.41 bits per heavy atom. The van der Waals surface area contributed by atoms with Crippen LogP contribution in [0.3, 0.4) is 0 Å². The summed E-state index contributed by atoms with van der Waals surface area (Å²) in [6, 6.07) is 32.1. The highest BCUT2D eigenvalue weighted by Gasteiger charge is 2.66. The van der Waals surface area contributed by atoms with Crippen LogP contribution in [0.2, 0.25) is 0 Å². The number of carbonyl (C=O) groups is 1. The number of aliphatic hydroxyl groups is 2. The Labute approximate surface area is 442 Å². The molecule has 3 heterocycles. The van der Waals surface area contributed by atoms with E-state index in [9.17, 15) is 20.3 Å². The molecule has 9 rings (SSSR count). The molecule has 6 unspecified atom stereocenters. The van der Waals surface area contributed by atoms with E-state index in [2.05, 4.69) is 17.6 Å². The lowest BCUT2D eigenvalue weighted by Gasteiger charge is -2.59. The van der Waals surface area contributed by atoms with Gasteiger partial charge in [0, 0.05) is 55.5 Å². The average Bonchev–Trinajstić information content (AvgIpc) is 3.91. The normalized spacial score (nSPS) is 21.4. The number of oxime groups is 1. The lowest BCUT2D eigenvalue weighted by molar-refractivity contribution is -0.384. The minimum absolute atomic E-state index is 0.00286. The molecule has 2 N–H and O–H groups in total. The number of hydrogen-bond donors (Lipinski definition) is 2. The van der Waals surface area contributed by atoms with E-state index in [1.807, 2.05) is 91.9 Å². The molecule has 2 aliphatic carbocycles. The van der Waals surface area contributed by atoms with Crippen molar-refractivity contribution in [1.82, 2.24) is 9.88 Å². The Bertz CT molecular complexity index is 2840. The van der Waals surface area contributed by atoms with Crippen LogP contribution in [0, 0.1) is 34.8 Å². The number of fused-ring (bicyclic) bond motifs is 3. The first-order valence-corrected chi connectivity index (χ1v) is 26.1. The van der Waals surface area contributed by atoms with Crippen LogP contribution in [0.25, 0.3) is 0 Å². The number of non-ortho nitro benzene ring substituents is 1. The van der Waals surface area contributed by atoms with Crippen LogP contribution in [0.1, 0.15) is 84.5 Å². The van der Waals surface area contributed by atoms with E-state index in [1.54, 1.807) is 23.1 Å². The van der Waals surface area contributed by atoms with E-state index in [1.165, 1.54) is 12.1 Å². The number of aromatic nitrogens is 1. The van der Waals surface area contributed by atoms with Crippen molar-refractivity contribution in [2.45, 2.75) is 96.0 Å². The number of carbonyl (C=O) groups excluding carboxylic acids is 1. The van der Waals surface area contributed by atoms with Crippen LogP contribution < -0.4 is 18.9 Å². The Balaban J connectivity index is 1.18. The molecule has 400 valence electrons. The molecule has 0 radical (unpaired) electrons. The van der Waals surface area contributed by atoms with Gasteiger partial charge in [-0.15, -0.1) is 6.58 Å². The molecule has 4 aliphatic rings. The topological polar surface area (TPSA) is 203 Å². The lowest BCUT2D eigenvalue weighted by Crippen LogP contribution is -2.70. The zero-order valence-electron chi connectivity index (χ0n) is 42.8. The largest absolute Gasteiger partial charge is 0.487 e. The maximum Gasteiger partial charge on any atom is 0.410 e. The Hall–Kier alpha value is -7.31. The molecule has 4 aromatic carbocycles. The number of ether oxygens (including phenoxy) is 7. The maximum atomic E-state index is 15.2. The number of nitro benzene ring substituents is 1. The molecular formula is C59H66N4O13. The molecule has 1 saturated carbocycles. The number of benzene rings is 4. The molecule has 17 nitrogen and oxygen atoms in total. The first-order chi connectivity index (χ1) is 37.2. The monoisotopic (exact) mass is 1040 g/mol. The second-order valence-corrected chi connectivity index (χ2v) is 19.5. The van der Waals surface area contributed by atoms with Gasteiger partial charge in [0.2, 0.25) is 12.6 Å². The van der Waals surface area contributed by atoms with Gasteiger partial charge < -0.3 is 48.2 Å². The fraction of sp³-hybridized carbons (Fsp3) is 0.407. The molecule has 2 aliphatic heterocycles. The average molecular weight is 1040 g/mol. The molecule has 17 heteroatoms. The number of rotatable bonds is 26. The summed E-state index contributed by atoms with van der Waals surface area (Å²) in [7, 11) is 0. The SMILES string of the molecule is C=CCOC12Oc3ccc(OCc4cccc(C)n4)cc3C3C(CCCCO)C(CCCCO)C=C(C(=NOCc4ccc([N+](=O)[O-])cc4)CC1N(Cc1ccc4c(c1)OCO4)C(=O)OCCOCc1ccccc1)C32. The highest BCUT2D eigenvalue weighted by atomic mass is 16.7. The predicted molar refractivity (Wildman–Crippen MR) is 282 cm³/mol. The molecule has 1 amide bonds. The number of aryl methyl sites for hydroxylation is 1. The molecule has 0 spiro atoms. The first-order valence-electron chi connectivity index (χ1n) is 26.1.